The van der Waals surface area contributed by atoms with Crippen LogP contribution in [-0.2, 0) is 9.53 Å². The Bertz CT molecular complexity index is 494. The van der Waals surface area contributed by atoms with E-state index in [1.165, 1.54) is 0 Å². The number of hydrogen-bond donors (Lipinski definition) is 1. The Morgan fingerprint density at radius 3 is 2.86 bits per heavy atom. The maximum atomic E-state index is 12.0. The van der Waals surface area contributed by atoms with Gasteiger partial charge in [-0.05, 0) is 30.2 Å². The first-order valence-electron chi connectivity index (χ1n) is 7.53. The zero-order chi connectivity index (χ0) is 15.5. The monoisotopic (exact) mass is 290 g/mol. The molecule has 2 rings (SSSR count). The average molecular weight is 290 g/mol. The number of ether oxygens (including phenoxy) is 1. The zero-order valence-electron chi connectivity index (χ0n) is 13.5. The van der Waals surface area contributed by atoms with Crippen molar-refractivity contribution in [1.29, 1.82) is 0 Å². The third-order valence-electron chi connectivity index (χ3n) is 3.50. The van der Waals surface area contributed by atoms with E-state index in [4.69, 9.17) is 4.74 Å². The largest absolute Gasteiger partial charge is 0.371 e. The molecular formula is C17H26N2O2. The van der Waals surface area contributed by atoms with Crippen LogP contribution in [0.3, 0.4) is 0 Å². The van der Waals surface area contributed by atoms with Crippen molar-refractivity contribution in [3.05, 3.63) is 29.8 Å². The molecule has 116 valence electrons. The molecule has 1 aliphatic heterocycles. The molecule has 0 aliphatic carbocycles. The summed E-state index contributed by atoms with van der Waals surface area (Å²) in [4.78, 5) is 14.3. The van der Waals surface area contributed by atoms with Gasteiger partial charge in [0.05, 0.1) is 12.7 Å². The molecule has 0 bridgehead atoms. The summed E-state index contributed by atoms with van der Waals surface area (Å²) in [5.41, 5.74) is 1.96. The number of hydrogen-bond acceptors (Lipinski definition) is 3. The summed E-state index contributed by atoms with van der Waals surface area (Å²) in [7, 11) is 2.10. The average Bonchev–Trinajstić information content (AvgIpc) is 2.36. The van der Waals surface area contributed by atoms with Gasteiger partial charge >= 0.3 is 0 Å². The first-order chi connectivity index (χ1) is 9.83. The SMILES string of the molecule is CN1CCOC(c2cccc(NC(=O)CC(C)(C)C)c2)C1. The number of nitrogens with zero attached hydrogens (tertiary/aromatic N) is 1. The number of nitrogens with one attached hydrogen (secondary N) is 1. The summed E-state index contributed by atoms with van der Waals surface area (Å²) in [6.45, 7) is 8.80. The summed E-state index contributed by atoms with van der Waals surface area (Å²) in [6, 6.07) is 7.98. The second kappa shape index (κ2) is 6.58. The van der Waals surface area contributed by atoms with Crippen molar-refractivity contribution in [3.63, 3.8) is 0 Å². The predicted molar refractivity (Wildman–Crippen MR) is 85.3 cm³/mol. The zero-order valence-corrected chi connectivity index (χ0v) is 13.5. The smallest absolute Gasteiger partial charge is 0.224 e. The lowest BCUT2D eigenvalue weighted by Gasteiger charge is -2.30. The highest BCUT2D eigenvalue weighted by Gasteiger charge is 2.20. The van der Waals surface area contributed by atoms with Gasteiger partial charge in [-0.3, -0.25) is 4.79 Å². The van der Waals surface area contributed by atoms with E-state index in [1.807, 2.05) is 18.2 Å². The minimum absolute atomic E-state index is 0.00309. The summed E-state index contributed by atoms with van der Waals surface area (Å²) in [5.74, 6) is 0.0568. The van der Waals surface area contributed by atoms with Gasteiger partial charge in [-0.2, -0.15) is 0 Å². The molecule has 1 fully saturated rings. The molecular weight excluding hydrogens is 264 g/mol. The molecule has 1 aliphatic rings. The van der Waals surface area contributed by atoms with E-state index in [9.17, 15) is 4.79 Å². The van der Waals surface area contributed by atoms with Crippen LogP contribution in [0.5, 0.6) is 0 Å². The van der Waals surface area contributed by atoms with Crippen LogP contribution >= 0.6 is 0 Å². The molecule has 0 saturated carbocycles. The lowest BCUT2D eigenvalue weighted by Crippen LogP contribution is -2.35. The molecule has 0 aromatic heterocycles. The fourth-order valence-corrected chi connectivity index (χ4v) is 2.48. The van der Waals surface area contributed by atoms with Gasteiger partial charge in [0.1, 0.15) is 0 Å². The second-order valence-corrected chi connectivity index (χ2v) is 7.03. The highest BCUT2D eigenvalue weighted by Crippen LogP contribution is 2.25. The first kappa shape index (κ1) is 16.0. The van der Waals surface area contributed by atoms with Crippen LogP contribution in [0.25, 0.3) is 0 Å². The van der Waals surface area contributed by atoms with Crippen LogP contribution in [0.2, 0.25) is 0 Å². The number of anilines is 1. The van der Waals surface area contributed by atoms with E-state index in [1.54, 1.807) is 0 Å². The minimum atomic E-state index is -0.00309. The number of likely N-dealkylation sites (N-methyl/N-ethyl adjacent to an activating group) is 1. The molecule has 1 aromatic carbocycles. The molecule has 0 radical (unpaired) electrons. The molecule has 1 N–H and O–H groups in total. The molecule has 1 amide bonds. The van der Waals surface area contributed by atoms with E-state index in [0.717, 1.165) is 30.9 Å². The van der Waals surface area contributed by atoms with Crippen LogP contribution < -0.4 is 5.32 Å². The molecule has 4 nitrogen and oxygen atoms in total. The van der Waals surface area contributed by atoms with Crippen molar-refractivity contribution in [2.24, 2.45) is 5.41 Å². The topological polar surface area (TPSA) is 41.6 Å². The van der Waals surface area contributed by atoms with Crippen LogP contribution in [0.15, 0.2) is 24.3 Å². The molecule has 0 spiro atoms. The fourth-order valence-electron chi connectivity index (χ4n) is 2.48. The first-order valence-corrected chi connectivity index (χ1v) is 7.53. The third kappa shape index (κ3) is 5.14. The number of morpholine rings is 1. The summed E-state index contributed by atoms with van der Waals surface area (Å²) in [5, 5.41) is 2.98. The highest BCUT2D eigenvalue weighted by molar-refractivity contribution is 5.91. The summed E-state index contributed by atoms with van der Waals surface area (Å²) < 4.78 is 5.82. The van der Waals surface area contributed by atoms with Gasteiger partial charge in [-0.15, -0.1) is 0 Å². The van der Waals surface area contributed by atoms with Crippen molar-refractivity contribution >= 4 is 11.6 Å². The molecule has 21 heavy (non-hydrogen) atoms. The van der Waals surface area contributed by atoms with Gasteiger partial charge in [0, 0.05) is 25.2 Å². The summed E-state index contributed by atoms with van der Waals surface area (Å²) in [6.07, 6.45) is 0.600. The summed E-state index contributed by atoms with van der Waals surface area (Å²) >= 11 is 0. The van der Waals surface area contributed by atoms with Crippen molar-refractivity contribution in [2.45, 2.75) is 33.3 Å². The maximum absolute atomic E-state index is 12.0. The Balaban J connectivity index is 2.02. The Morgan fingerprint density at radius 2 is 2.19 bits per heavy atom. The number of rotatable bonds is 3. The lowest BCUT2D eigenvalue weighted by atomic mass is 9.92. The van der Waals surface area contributed by atoms with Gasteiger partial charge < -0.3 is 15.0 Å². The second-order valence-electron chi connectivity index (χ2n) is 7.03. The van der Waals surface area contributed by atoms with Gasteiger partial charge in [-0.1, -0.05) is 32.9 Å². The number of carbonyl (C=O) groups excluding carboxylic acids is 1. The van der Waals surface area contributed by atoms with E-state index in [0.29, 0.717) is 6.42 Å². The Morgan fingerprint density at radius 1 is 1.43 bits per heavy atom. The van der Waals surface area contributed by atoms with E-state index < -0.39 is 0 Å². The molecule has 4 heteroatoms. The van der Waals surface area contributed by atoms with E-state index >= 15 is 0 Å². The molecule has 1 heterocycles. The van der Waals surface area contributed by atoms with Crippen LogP contribution in [0.4, 0.5) is 5.69 Å². The van der Waals surface area contributed by atoms with E-state index in [-0.39, 0.29) is 17.4 Å². The normalized spacial score (nSPS) is 20.3. The fraction of sp³-hybridized carbons (Fsp3) is 0.588. The third-order valence-corrected chi connectivity index (χ3v) is 3.50. The molecule has 1 saturated heterocycles. The number of benzene rings is 1. The molecule has 1 atom stereocenters. The van der Waals surface area contributed by atoms with Crippen LogP contribution in [-0.4, -0.2) is 37.6 Å². The van der Waals surface area contributed by atoms with E-state index in [2.05, 4.69) is 44.1 Å². The highest BCUT2D eigenvalue weighted by atomic mass is 16.5. The molecule has 1 unspecified atom stereocenters. The Labute approximate surface area is 127 Å². The van der Waals surface area contributed by atoms with Gasteiger partial charge in [0.25, 0.3) is 0 Å². The van der Waals surface area contributed by atoms with Gasteiger partial charge in [0.15, 0.2) is 0 Å². The van der Waals surface area contributed by atoms with Crippen molar-refractivity contribution < 1.29 is 9.53 Å². The maximum Gasteiger partial charge on any atom is 0.224 e. The predicted octanol–water partition coefficient (Wildman–Crippen LogP) is 3.06. The lowest BCUT2D eigenvalue weighted by molar-refractivity contribution is -0.117. The Hall–Kier alpha value is -1.39. The number of amides is 1. The van der Waals surface area contributed by atoms with Gasteiger partial charge in [-0.25, -0.2) is 0 Å². The van der Waals surface area contributed by atoms with Crippen molar-refractivity contribution in [3.8, 4) is 0 Å². The minimum Gasteiger partial charge on any atom is -0.371 e. The van der Waals surface area contributed by atoms with Crippen LogP contribution in [0.1, 0.15) is 38.9 Å². The van der Waals surface area contributed by atoms with Crippen LogP contribution in [0, 0.1) is 5.41 Å². The Kier molecular flexibility index (Phi) is 5.01. The van der Waals surface area contributed by atoms with Crippen molar-refractivity contribution in [2.75, 3.05) is 32.1 Å². The van der Waals surface area contributed by atoms with Gasteiger partial charge in [0.2, 0.25) is 5.91 Å². The van der Waals surface area contributed by atoms with Crippen molar-refractivity contribution in [1.82, 2.24) is 4.90 Å². The number of carbonyl (C=O) groups is 1. The molecule has 1 aromatic rings. The standard InChI is InChI=1S/C17H26N2O2/c1-17(2,3)11-16(20)18-14-7-5-6-13(10-14)15-12-19(4)8-9-21-15/h5-7,10,15H,8-9,11-12H2,1-4H3,(H,18,20). The quantitative estimate of drug-likeness (QED) is 0.930.